The molecule has 88 valence electrons. The fourth-order valence-corrected chi connectivity index (χ4v) is 1.93. The zero-order chi connectivity index (χ0) is 11.5. The van der Waals surface area contributed by atoms with Crippen molar-refractivity contribution in [1.82, 2.24) is 5.32 Å². The average molecular weight is 223 g/mol. The van der Waals surface area contributed by atoms with Crippen molar-refractivity contribution in [2.75, 3.05) is 19.7 Å². The predicted molar refractivity (Wildman–Crippen MR) is 62.1 cm³/mol. The number of nitrogens with one attached hydrogen (secondary N) is 1. The molecule has 1 N–H and O–H groups in total. The van der Waals surface area contributed by atoms with E-state index in [0.29, 0.717) is 12.5 Å². The van der Waals surface area contributed by atoms with Gasteiger partial charge in [0.05, 0.1) is 12.7 Å². The molecule has 1 aromatic carbocycles. The Bertz CT molecular complexity index is 359. The van der Waals surface area contributed by atoms with Gasteiger partial charge in [0.15, 0.2) is 0 Å². The van der Waals surface area contributed by atoms with E-state index < -0.39 is 0 Å². The maximum absolute atomic E-state index is 13.5. The molecule has 0 saturated carbocycles. The fourth-order valence-electron chi connectivity index (χ4n) is 1.93. The zero-order valence-corrected chi connectivity index (χ0v) is 9.79. The van der Waals surface area contributed by atoms with Crippen LogP contribution in [0.2, 0.25) is 0 Å². The lowest BCUT2D eigenvalue weighted by Gasteiger charge is -2.24. The van der Waals surface area contributed by atoms with Crippen LogP contribution in [0.25, 0.3) is 0 Å². The maximum atomic E-state index is 13.5. The van der Waals surface area contributed by atoms with E-state index in [1.807, 2.05) is 6.07 Å². The second kappa shape index (κ2) is 4.93. The highest BCUT2D eigenvalue weighted by Gasteiger charge is 2.17. The van der Waals surface area contributed by atoms with Crippen LogP contribution in [0, 0.1) is 5.82 Å². The van der Waals surface area contributed by atoms with Gasteiger partial charge < -0.3 is 10.1 Å². The summed E-state index contributed by atoms with van der Waals surface area (Å²) < 4.78 is 19.1. The molecule has 0 amide bonds. The normalized spacial score (nSPS) is 21.4. The third-order valence-electron chi connectivity index (χ3n) is 2.91. The Morgan fingerprint density at radius 3 is 2.81 bits per heavy atom. The van der Waals surface area contributed by atoms with E-state index >= 15 is 0 Å². The summed E-state index contributed by atoms with van der Waals surface area (Å²) in [5.74, 6) is 0.168. The Kier molecular flexibility index (Phi) is 3.56. The lowest BCUT2D eigenvalue weighted by atomic mass is 9.98. The van der Waals surface area contributed by atoms with Crippen molar-refractivity contribution in [3.05, 3.63) is 35.1 Å². The summed E-state index contributed by atoms with van der Waals surface area (Å²) in [5.41, 5.74) is 1.97. The molecule has 0 aliphatic carbocycles. The van der Waals surface area contributed by atoms with E-state index in [9.17, 15) is 4.39 Å². The SMILES string of the molecule is CC(C)c1cc(F)cc(C2CNCCO2)c1. The first-order chi connectivity index (χ1) is 7.66. The number of morpholine rings is 1. The first-order valence-corrected chi connectivity index (χ1v) is 5.79. The van der Waals surface area contributed by atoms with Crippen LogP contribution in [0.5, 0.6) is 0 Å². The molecule has 1 atom stereocenters. The van der Waals surface area contributed by atoms with Crippen LogP contribution in [-0.4, -0.2) is 19.7 Å². The summed E-state index contributed by atoms with van der Waals surface area (Å²) in [4.78, 5) is 0. The summed E-state index contributed by atoms with van der Waals surface area (Å²) in [6.07, 6.45) is -0.0121. The molecule has 0 spiro atoms. The molecule has 1 aromatic rings. The van der Waals surface area contributed by atoms with Crippen LogP contribution in [0.15, 0.2) is 18.2 Å². The smallest absolute Gasteiger partial charge is 0.123 e. The predicted octanol–water partition coefficient (Wildman–Crippen LogP) is 2.61. The van der Waals surface area contributed by atoms with Crippen LogP contribution in [0.3, 0.4) is 0 Å². The van der Waals surface area contributed by atoms with Gasteiger partial charge in [-0.15, -0.1) is 0 Å². The third-order valence-corrected chi connectivity index (χ3v) is 2.91. The van der Waals surface area contributed by atoms with Gasteiger partial charge >= 0.3 is 0 Å². The first kappa shape index (κ1) is 11.6. The average Bonchev–Trinajstić information content (AvgIpc) is 2.29. The molecule has 1 aliphatic heterocycles. The van der Waals surface area contributed by atoms with Crippen molar-refractivity contribution >= 4 is 0 Å². The Morgan fingerprint density at radius 2 is 2.19 bits per heavy atom. The summed E-state index contributed by atoms with van der Waals surface area (Å²) in [5, 5.41) is 3.25. The molecule has 3 heteroatoms. The van der Waals surface area contributed by atoms with Gasteiger partial charge in [-0.1, -0.05) is 19.9 Å². The molecule has 1 fully saturated rings. The molecule has 0 radical (unpaired) electrons. The topological polar surface area (TPSA) is 21.3 Å². The van der Waals surface area contributed by atoms with Crippen molar-refractivity contribution in [3.8, 4) is 0 Å². The number of halogens is 1. The number of hydrogen-bond acceptors (Lipinski definition) is 2. The van der Waals surface area contributed by atoms with Gasteiger partial charge in [-0.25, -0.2) is 4.39 Å². The van der Waals surface area contributed by atoms with Gasteiger partial charge in [-0.2, -0.15) is 0 Å². The molecule has 16 heavy (non-hydrogen) atoms. The molecular formula is C13H18FNO. The quantitative estimate of drug-likeness (QED) is 0.832. The van der Waals surface area contributed by atoms with E-state index in [4.69, 9.17) is 4.74 Å². The van der Waals surface area contributed by atoms with Gasteiger partial charge in [0.25, 0.3) is 0 Å². The van der Waals surface area contributed by atoms with Crippen LogP contribution in [0.1, 0.15) is 37.0 Å². The molecule has 0 aromatic heterocycles. The molecule has 1 unspecified atom stereocenters. The Balaban J connectivity index is 2.25. The molecule has 1 aliphatic rings. The van der Waals surface area contributed by atoms with E-state index in [2.05, 4.69) is 19.2 Å². The molecule has 2 nitrogen and oxygen atoms in total. The number of benzene rings is 1. The maximum Gasteiger partial charge on any atom is 0.123 e. The van der Waals surface area contributed by atoms with Gasteiger partial charge in [0.1, 0.15) is 5.82 Å². The Labute approximate surface area is 95.8 Å². The van der Waals surface area contributed by atoms with Gasteiger partial charge in [0, 0.05) is 13.1 Å². The molecular weight excluding hydrogens is 205 g/mol. The van der Waals surface area contributed by atoms with E-state index in [-0.39, 0.29) is 11.9 Å². The second-order valence-electron chi connectivity index (χ2n) is 4.54. The highest BCUT2D eigenvalue weighted by atomic mass is 19.1. The van der Waals surface area contributed by atoms with Gasteiger partial charge in [-0.05, 0) is 29.2 Å². The molecule has 0 bridgehead atoms. The largest absolute Gasteiger partial charge is 0.371 e. The molecule has 1 heterocycles. The second-order valence-corrected chi connectivity index (χ2v) is 4.54. The zero-order valence-electron chi connectivity index (χ0n) is 9.79. The van der Waals surface area contributed by atoms with Crippen LogP contribution in [0.4, 0.5) is 4.39 Å². The number of rotatable bonds is 2. The van der Waals surface area contributed by atoms with Crippen molar-refractivity contribution in [1.29, 1.82) is 0 Å². The van der Waals surface area contributed by atoms with Crippen LogP contribution in [-0.2, 0) is 4.74 Å². The van der Waals surface area contributed by atoms with Crippen molar-refractivity contribution in [3.63, 3.8) is 0 Å². The highest BCUT2D eigenvalue weighted by Crippen LogP contribution is 2.24. The monoisotopic (exact) mass is 223 g/mol. The molecule has 1 saturated heterocycles. The fraction of sp³-hybridized carbons (Fsp3) is 0.538. The van der Waals surface area contributed by atoms with Crippen molar-refractivity contribution in [2.45, 2.75) is 25.9 Å². The molecule has 2 rings (SSSR count). The summed E-state index contributed by atoms with van der Waals surface area (Å²) >= 11 is 0. The van der Waals surface area contributed by atoms with Crippen LogP contribution < -0.4 is 5.32 Å². The van der Waals surface area contributed by atoms with Crippen molar-refractivity contribution < 1.29 is 9.13 Å². The minimum atomic E-state index is -0.171. The van der Waals surface area contributed by atoms with Gasteiger partial charge in [0.2, 0.25) is 0 Å². The number of ether oxygens (including phenoxy) is 1. The minimum absolute atomic E-state index is 0.0121. The van der Waals surface area contributed by atoms with E-state index in [0.717, 1.165) is 24.2 Å². The van der Waals surface area contributed by atoms with Gasteiger partial charge in [-0.3, -0.25) is 0 Å². The first-order valence-electron chi connectivity index (χ1n) is 5.79. The summed E-state index contributed by atoms with van der Waals surface area (Å²) in [7, 11) is 0. The van der Waals surface area contributed by atoms with E-state index in [1.165, 1.54) is 0 Å². The summed E-state index contributed by atoms with van der Waals surface area (Å²) in [6, 6.07) is 5.22. The lowest BCUT2D eigenvalue weighted by molar-refractivity contribution is 0.0275. The lowest BCUT2D eigenvalue weighted by Crippen LogP contribution is -2.33. The standard InChI is InChI=1S/C13H18FNO/c1-9(2)10-5-11(7-12(14)6-10)13-8-15-3-4-16-13/h5-7,9,13,15H,3-4,8H2,1-2H3. The van der Waals surface area contributed by atoms with E-state index in [1.54, 1.807) is 12.1 Å². The summed E-state index contributed by atoms with van der Waals surface area (Å²) in [6.45, 7) is 6.47. The Hall–Kier alpha value is -0.930. The third kappa shape index (κ3) is 2.60. The van der Waals surface area contributed by atoms with Crippen molar-refractivity contribution in [2.24, 2.45) is 0 Å². The Morgan fingerprint density at radius 1 is 1.38 bits per heavy atom. The minimum Gasteiger partial charge on any atom is -0.371 e. The van der Waals surface area contributed by atoms with Crippen LogP contribution >= 0.6 is 0 Å². The number of hydrogen-bond donors (Lipinski definition) is 1. The highest BCUT2D eigenvalue weighted by molar-refractivity contribution is 5.28.